The first-order valence-corrected chi connectivity index (χ1v) is 31.4. The average molecular weight is 1270 g/mol. The van der Waals surface area contributed by atoms with Gasteiger partial charge in [-0.25, -0.2) is 0 Å². The minimum atomic E-state index is -1.97. The van der Waals surface area contributed by atoms with Crippen molar-refractivity contribution in [1.82, 2.24) is 0 Å². The summed E-state index contributed by atoms with van der Waals surface area (Å²) in [5.41, 5.74) is -1.95. The predicted octanol–water partition coefficient (Wildman–Crippen LogP) is -4.38. The third-order valence-electron chi connectivity index (χ3n) is 23.0. The fraction of sp³-hybridized carbons (Fsp3) is 0.967. The zero-order valence-electron chi connectivity index (χ0n) is 51.5. The van der Waals surface area contributed by atoms with Crippen LogP contribution in [-0.2, 0) is 47.4 Å². The van der Waals surface area contributed by atoms with Gasteiger partial charge in [-0.2, -0.15) is 0 Å². The maximum absolute atomic E-state index is 13.0. The molecule has 4 saturated carbocycles. The van der Waals surface area contributed by atoms with Crippen molar-refractivity contribution >= 4 is 0 Å². The maximum Gasteiger partial charge on any atom is 0.187 e. The Balaban J connectivity index is 0.935. The van der Waals surface area contributed by atoms with E-state index in [1.54, 1.807) is 0 Å². The topological polar surface area (TPSA) is 456 Å². The SMILES string of the molecule is CC(C)=CCC[C@](C)(O[C@@H]1O[C@H](CO[C@@H]2O[C@H](CO)[C@@H](O)[C@H](O)[C@H]2O)[C@@H](O)[C@H](O)[C@H]1O)[C@H]1CC[C@]2(C)[C@@H]1[C@H](O)C[C@@H]1[C@]3(C)CC[C@@H](O[C@@H]4O[C@H](CO)[C@@H](O)[C@H](O)[C@H]4O[C@@H]4O[C@H](CO)[C@@H](O)[C@H](O)[C@H]4O[C@@H]4O[C@H](CO)[C@@H](O)[C@H](O)[C@H]4O)C(C)(C)[C@H]3CC[C@]12C. The largest absolute Gasteiger partial charge is 0.394 e. The van der Waals surface area contributed by atoms with E-state index in [0.29, 0.717) is 44.9 Å². The van der Waals surface area contributed by atoms with Gasteiger partial charge >= 0.3 is 0 Å². The van der Waals surface area contributed by atoms with Crippen molar-refractivity contribution in [3.63, 3.8) is 0 Å². The molecule has 0 unspecified atom stereocenters. The van der Waals surface area contributed by atoms with Gasteiger partial charge in [-0.3, -0.25) is 0 Å². The molecule has 5 saturated heterocycles. The Morgan fingerprint density at radius 2 is 0.920 bits per heavy atom. The third-order valence-corrected chi connectivity index (χ3v) is 23.0. The maximum atomic E-state index is 13.0. The molecule has 510 valence electrons. The van der Waals surface area contributed by atoms with Gasteiger partial charge in [0.1, 0.15) is 122 Å². The second kappa shape index (κ2) is 27.4. The van der Waals surface area contributed by atoms with Crippen LogP contribution in [0.15, 0.2) is 11.6 Å². The summed E-state index contributed by atoms with van der Waals surface area (Å²) in [7, 11) is 0. The quantitative estimate of drug-likeness (QED) is 0.0429. The summed E-state index contributed by atoms with van der Waals surface area (Å²) in [6.07, 6.45) is -36.5. The number of fused-ring (bicyclic) bond motifs is 5. The highest BCUT2D eigenvalue weighted by Crippen LogP contribution is 2.76. The van der Waals surface area contributed by atoms with E-state index in [1.807, 2.05) is 20.8 Å². The molecule has 9 rings (SSSR count). The summed E-state index contributed by atoms with van der Waals surface area (Å²) in [5, 5.41) is 196. The highest BCUT2D eigenvalue weighted by atomic mass is 16.8. The standard InChI is InChI=1S/C60H102O28/c1-24(2)10-9-14-60(8,88-53-48(78)43(73)40(70)31(84-53)23-79-51-46(76)41(71)36(66)27(19-61)80-51)25-11-16-59(7)35(25)26(65)18-33-57(5)15-13-34(56(3,4)32(57)12-17-58(33,59)6)85-54-49(44(74)38(68)29(21-63)82-54)87-55-50(45(75)39(69)30(22-64)83-55)86-52-47(77)42(72)37(67)28(20-62)81-52/h10,25-55,61-78H,9,11-23H2,1-8H3/t25-,26+,27+,28+,29+,30+,31+,32+,33+,34+,35-,36+,37+,38+,39+,40+,41-,42-,43-,44-,45-,46+,47+,48+,49+,50+,51+,52-,53-,54-,55-,57+,58+,59+,60-/m0/s1. The van der Waals surface area contributed by atoms with Crippen LogP contribution in [0.5, 0.6) is 0 Å². The molecule has 35 atom stereocenters. The number of rotatable bonds is 19. The first-order chi connectivity index (χ1) is 41.3. The molecule has 28 heteroatoms. The van der Waals surface area contributed by atoms with Crippen molar-refractivity contribution in [2.45, 2.75) is 285 Å². The molecule has 28 nitrogen and oxygen atoms in total. The molecular formula is C60H102O28. The predicted molar refractivity (Wildman–Crippen MR) is 299 cm³/mol. The Morgan fingerprint density at radius 1 is 0.477 bits per heavy atom. The van der Waals surface area contributed by atoms with E-state index in [0.717, 1.165) is 18.4 Å². The number of hydrogen-bond donors (Lipinski definition) is 18. The van der Waals surface area contributed by atoms with Crippen LogP contribution in [0.2, 0.25) is 0 Å². The number of ether oxygens (including phenoxy) is 10. The summed E-state index contributed by atoms with van der Waals surface area (Å²) < 4.78 is 61.2. The molecule has 4 aliphatic carbocycles. The van der Waals surface area contributed by atoms with Gasteiger partial charge in [0.05, 0.1) is 50.8 Å². The molecule has 9 fully saturated rings. The number of allylic oxidation sites excluding steroid dienone is 2. The van der Waals surface area contributed by atoms with Crippen molar-refractivity contribution in [1.29, 1.82) is 0 Å². The molecule has 0 aromatic heterocycles. The lowest BCUT2D eigenvalue weighted by molar-refractivity contribution is -0.398. The Hall–Kier alpha value is -1.38. The zero-order chi connectivity index (χ0) is 64.7. The van der Waals surface area contributed by atoms with E-state index in [9.17, 15) is 91.9 Å². The van der Waals surface area contributed by atoms with Crippen LogP contribution >= 0.6 is 0 Å². The number of hydrogen-bond acceptors (Lipinski definition) is 28. The fourth-order valence-electron chi connectivity index (χ4n) is 17.7. The molecule has 5 heterocycles. The van der Waals surface area contributed by atoms with E-state index in [2.05, 4.69) is 40.7 Å². The Morgan fingerprint density at radius 3 is 1.45 bits per heavy atom. The van der Waals surface area contributed by atoms with Gasteiger partial charge < -0.3 is 139 Å². The van der Waals surface area contributed by atoms with Gasteiger partial charge in [0.25, 0.3) is 0 Å². The molecule has 88 heavy (non-hydrogen) atoms. The molecule has 9 aliphatic rings. The molecule has 0 spiro atoms. The van der Waals surface area contributed by atoms with Gasteiger partial charge in [0.2, 0.25) is 0 Å². The van der Waals surface area contributed by atoms with E-state index in [4.69, 9.17) is 47.4 Å². The normalized spacial score (nSPS) is 52.9. The van der Waals surface area contributed by atoms with E-state index in [1.165, 1.54) is 0 Å². The van der Waals surface area contributed by atoms with Crippen molar-refractivity contribution < 1.29 is 139 Å². The summed E-state index contributed by atoms with van der Waals surface area (Å²) in [6, 6.07) is 0. The number of aliphatic hydroxyl groups excluding tert-OH is 18. The fourth-order valence-corrected chi connectivity index (χ4v) is 17.7. The number of aliphatic hydroxyl groups is 18. The summed E-state index contributed by atoms with van der Waals surface area (Å²) in [5.74, 6) is -0.715. The van der Waals surface area contributed by atoms with Gasteiger partial charge in [-0.05, 0) is 124 Å². The molecule has 0 radical (unpaired) electrons. The van der Waals surface area contributed by atoms with Crippen LogP contribution in [0.3, 0.4) is 0 Å². The van der Waals surface area contributed by atoms with Gasteiger partial charge in [-0.15, -0.1) is 0 Å². The van der Waals surface area contributed by atoms with Crippen molar-refractivity contribution in [3.05, 3.63) is 11.6 Å². The highest BCUT2D eigenvalue weighted by Gasteiger charge is 2.72. The molecule has 0 aromatic rings. The Bertz CT molecular complexity index is 2320. The smallest absolute Gasteiger partial charge is 0.187 e. The van der Waals surface area contributed by atoms with Crippen LogP contribution < -0.4 is 0 Å². The van der Waals surface area contributed by atoms with Crippen molar-refractivity contribution in [2.75, 3.05) is 33.0 Å². The van der Waals surface area contributed by atoms with Gasteiger partial charge in [-0.1, -0.05) is 46.3 Å². The van der Waals surface area contributed by atoms with Crippen LogP contribution in [0.25, 0.3) is 0 Å². The lowest BCUT2D eigenvalue weighted by Crippen LogP contribution is -2.68. The molecule has 18 N–H and O–H groups in total. The third kappa shape index (κ3) is 12.6. The molecular weight excluding hydrogens is 1170 g/mol. The van der Waals surface area contributed by atoms with Crippen LogP contribution in [-0.4, -0.2) is 296 Å². The first-order valence-electron chi connectivity index (χ1n) is 31.4. The lowest BCUT2D eigenvalue weighted by atomic mass is 9.35. The first kappa shape index (κ1) is 70.9. The van der Waals surface area contributed by atoms with Crippen molar-refractivity contribution in [3.8, 4) is 0 Å². The zero-order valence-corrected chi connectivity index (χ0v) is 51.5. The van der Waals surface area contributed by atoms with E-state index >= 15 is 0 Å². The minimum absolute atomic E-state index is 0.0282. The van der Waals surface area contributed by atoms with Crippen LogP contribution in [0.1, 0.15) is 113 Å². The second-order valence-corrected chi connectivity index (χ2v) is 28.6. The Labute approximate surface area is 512 Å². The monoisotopic (exact) mass is 1270 g/mol. The second-order valence-electron chi connectivity index (χ2n) is 28.6. The van der Waals surface area contributed by atoms with Gasteiger partial charge in [0.15, 0.2) is 31.5 Å². The lowest BCUT2D eigenvalue weighted by Gasteiger charge is -2.71. The summed E-state index contributed by atoms with van der Waals surface area (Å²) >= 11 is 0. The molecule has 0 aromatic carbocycles. The highest BCUT2D eigenvalue weighted by molar-refractivity contribution is 5.21. The van der Waals surface area contributed by atoms with E-state index in [-0.39, 0.29) is 29.1 Å². The van der Waals surface area contributed by atoms with Crippen LogP contribution in [0.4, 0.5) is 0 Å². The summed E-state index contributed by atoms with van der Waals surface area (Å²) in [6.45, 7) is 13.3. The Kier molecular flexibility index (Phi) is 22.1. The average Bonchev–Trinajstić information content (AvgIpc) is 1.24. The molecule has 0 bridgehead atoms. The van der Waals surface area contributed by atoms with Gasteiger partial charge in [0, 0.05) is 0 Å². The van der Waals surface area contributed by atoms with Crippen molar-refractivity contribution in [2.24, 2.45) is 45.3 Å². The minimum Gasteiger partial charge on any atom is -0.394 e. The van der Waals surface area contributed by atoms with E-state index < -0.39 is 221 Å². The molecule has 0 amide bonds. The summed E-state index contributed by atoms with van der Waals surface area (Å²) in [4.78, 5) is 0. The molecule has 5 aliphatic heterocycles. The van der Waals surface area contributed by atoms with Crippen LogP contribution in [0, 0.1) is 45.3 Å².